The van der Waals surface area contributed by atoms with Crippen molar-refractivity contribution in [2.75, 3.05) is 46.8 Å². The van der Waals surface area contributed by atoms with Crippen molar-refractivity contribution in [3.63, 3.8) is 0 Å². The third-order valence-corrected chi connectivity index (χ3v) is 19.3. The number of para-hydroxylation sites is 2. The third-order valence-electron chi connectivity index (χ3n) is 19.3. The summed E-state index contributed by atoms with van der Waals surface area (Å²) in [6.45, 7) is 18.8. The summed E-state index contributed by atoms with van der Waals surface area (Å²) in [5.41, 5.74) is 18.0. The molecule has 2 spiro atoms. The van der Waals surface area contributed by atoms with Crippen molar-refractivity contribution in [2.24, 2.45) is 0 Å². The Balaban J connectivity index is 0.755. The zero-order valence-corrected chi connectivity index (χ0v) is 51.5. The fourth-order valence-corrected chi connectivity index (χ4v) is 14.3. The van der Waals surface area contributed by atoms with Crippen LogP contribution in [0, 0.1) is 27.7 Å². The molecule has 4 heterocycles. The molecule has 0 fully saturated rings. The molecule has 10 heteroatoms. The molecular weight excluding hydrogens is 1090 g/mol. The first-order valence-corrected chi connectivity index (χ1v) is 30.6. The number of rotatable bonds is 13. The van der Waals surface area contributed by atoms with Crippen LogP contribution < -0.4 is 29.1 Å². The van der Waals surface area contributed by atoms with Crippen molar-refractivity contribution in [3.05, 3.63) is 284 Å². The number of nitrogens with zero attached hydrogens (tertiary/aromatic N) is 4. The summed E-state index contributed by atoms with van der Waals surface area (Å²) in [7, 11) is 4.18. The maximum atomic E-state index is 14.0. The van der Waals surface area contributed by atoms with Crippen molar-refractivity contribution in [2.45, 2.75) is 78.4 Å². The van der Waals surface area contributed by atoms with Crippen LogP contribution in [0.3, 0.4) is 0 Å². The molecule has 2 atom stereocenters. The third kappa shape index (κ3) is 8.43. The van der Waals surface area contributed by atoms with Crippen LogP contribution in [0.5, 0.6) is 23.0 Å². The van der Waals surface area contributed by atoms with E-state index in [0.717, 1.165) is 110 Å². The highest BCUT2D eigenvalue weighted by Crippen LogP contribution is 2.60. The molecule has 0 N–H and O–H groups in total. The van der Waals surface area contributed by atoms with Gasteiger partial charge in [-0.25, -0.2) is 9.59 Å². The van der Waals surface area contributed by atoms with Crippen molar-refractivity contribution in [1.82, 2.24) is 0 Å². The molecular formula is C78H70N4O6. The number of anilines is 8. The zero-order valence-electron chi connectivity index (χ0n) is 51.5. The van der Waals surface area contributed by atoms with Gasteiger partial charge in [-0.15, -0.1) is 0 Å². The molecule has 2 unspecified atom stereocenters. The van der Waals surface area contributed by atoms with Gasteiger partial charge < -0.3 is 38.5 Å². The molecule has 0 radical (unpaired) electrons. The van der Waals surface area contributed by atoms with Crippen molar-refractivity contribution < 1.29 is 28.5 Å². The van der Waals surface area contributed by atoms with Gasteiger partial charge in [0.05, 0.1) is 11.1 Å². The van der Waals surface area contributed by atoms with Crippen LogP contribution in [-0.4, -0.2) is 39.1 Å². The highest BCUT2D eigenvalue weighted by molar-refractivity contribution is 5.98. The average Bonchev–Trinajstić information content (AvgIpc) is 1.51. The maximum Gasteiger partial charge on any atom is 0.340 e. The van der Waals surface area contributed by atoms with E-state index in [-0.39, 0.29) is 17.4 Å². The van der Waals surface area contributed by atoms with Gasteiger partial charge in [-0.3, -0.25) is 0 Å². The Bertz CT molecular complexity index is 4200. The lowest BCUT2D eigenvalue weighted by atomic mass is 9.74. The van der Waals surface area contributed by atoms with E-state index in [1.54, 1.807) is 0 Å². The number of benzene rings is 10. The van der Waals surface area contributed by atoms with Crippen LogP contribution in [0.1, 0.15) is 122 Å². The molecule has 0 aromatic heterocycles. The standard InChI is InChI=1S/C78H70N4O6/c1-11-76(8,52-30-34-54(35-31-52)79(9)68-46-64-70(42-50(68)6)85-72-44-56(81(12-2)66-28-20-14-22-48(66)4)38-40-62(72)77(64)60-26-18-16-24-58(60)74(83)87-77)53-32-36-55(37-33-53)80(10)69-47-65-71(43-51(69)7)86-73-45-57(82(13-3)67-29-21-15-23-49(67)5)39-41-63(73)78(65)61-27-19-17-25-59(61)75(84)88-78/h14-47H,11-13H2,1-10H3. The van der Waals surface area contributed by atoms with Crippen molar-refractivity contribution >= 4 is 57.4 Å². The Kier molecular flexibility index (Phi) is 13.4. The van der Waals surface area contributed by atoms with Crippen molar-refractivity contribution in [3.8, 4) is 23.0 Å². The summed E-state index contributed by atoms with van der Waals surface area (Å²) >= 11 is 0. The Hall–Kier alpha value is -10.1. The highest BCUT2D eigenvalue weighted by Gasteiger charge is 2.55. The van der Waals surface area contributed by atoms with E-state index in [4.69, 9.17) is 18.9 Å². The minimum Gasteiger partial charge on any atom is -0.456 e. The fourth-order valence-electron chi connectivity index (χ4n) is 14.3. The molecule has 88 heavy (non-hydrogen) atoms. The van der Waals surface area contributed by atoms with E-state index in [1.165, 1.54) is 22.3 Å². The maximum absolute atomic E-state index is 14.0. The van der Waals surface area contributed by atoms with E-state index < -0.39 is 11.2 Å². The number of carbonyl (C=O) groups is 2. The number of hydrogen-bond acceptors (Lipinski definition) is 10. The van der Waals surface area contributed by atoms with Gasteiger partial charge >= 0.3 is 11.9 Å². The van der Waals surface area contributed by atoms with Crippen LogP contribution in [0.25, 0.3) is 0 Å². The van der Waals surface area contributed by atoms with Gasteiger partial charge in [0.1, 0.15) is 23.0 Å². The molecule has 4 aliphatic rings. The molecule has 0 saturated heterocycles. The first kappa shape index (κ1) is 55.8. The van der Waals surface area contributed by atoms with Crippen LogP contribution in [0.2, 0.25) is 0 Å². The highest BCUT2D eigenvalue weighted by atomic mass is 16.6. The normalized spacial score (nSPS) is 17.0. The van der Waals surface area contributed by atoms with Crippen LogP contribution in [0.15, 0.2) is 206 Å². The zero-order chi connectivity index (χ0) is 61.0. The lowest BCUT2D eigenvalue weighted by Gasteiger charge is -2.38. The number of fused-ring (bicyclic) bond motifs is 12. The van der Waals surface area contributed by atoms with E-state index in [9.17, 15) is 9.59 Å². The van der Waals surface area contributed by atoms with E-state index in [2.05, 4.69) is 247 Å². The number of hydrogen-bond donors (Lipinski definition) is 0. The van der Waals surface area contributed by atoms with E-state index >= 15 is 0 Å². The average molecular weight is 1160 g/mol. The monoisotopic (exact) mass is 1160 g/mol. The Labute approximate surface area is 515 Å². The van der Waals surface area contributed by atoms with Gasteiger partial charge in [0, 0.05) is 124 Å². The second-order valence-corrected chi connectivity index (χ2v) is 24.0. The topological polar surface area (TPSA) is 84.0 Å². The van der Waals surface area contributed by atoms with Gasteiger partial charge in [0.25, 0.3) is 0 Å². The summed E-state index contributed by atoms with van der Waals surface area (Å²) in [6.07, 6.45) is 0.868. The van der Waals surface area contributed by atoms with Gasteiger partial charge in [-0.05, 0) is 178 Å². The molecule has 0 saturated carbocycles. The summed E-state index contributed by atoms with van der Waals surface area (Å²) in [6, 6.07) is 71.0. The fraction of sp³-hybridized carbons (Fsp3) is 0.205. The molecule has 4 aliphatic heterocycles. The predicted octanol–water partition coefficient (Wildman–Crippen LogP) is 18.6. The van der Waals surface area contributed by atoms with Gasteiger partial charge in [-0.1, -0.05) is 111 Å². The van der Waals surface area contributed by atoms with E-state index in [1.807, 2.05) is 48.5 Å². The molecule has 14 rings (SSSR count). The first-order chi connectivity index (χ1) is 42.6. The van der Waals surface area contributed by atoms with Gasteiger partial charge in [0.2, 0.25) is 0 Å². The molecule has 10 aromatic rings. The first-order valence-electron chi connectivity index (χ1n) is 30.6. The second-order valence-electron chi connectivity index (χ2n) is 24.0. The molecule has 438 valence electrons. The molecule has 10 nitrogen and oxygen atoms in total. The van der Waals surface area contributed by atoms with Crippen LogP contribution in [0.4, 0.5) is 45.5 Å². The minimum absolute atomic E-state index is 0.312. The number of aryl methyl sites for hydroxylation is 4. The molecule has 0 amide bonds. The smallest absolute Gasteiger partial charge is 0.340 e. The predicted molar refractivity (Wildman–Crippen MR) is 352 cm³/mol. The molecule has 10 aromatic carbocycles. The summed E-state index contributed by atoms with van der Waals surface area (Å²) < 4.78 is 27.2. The lowest BCUT2D eigenvalue weighted by molar-refractivity contribution is 0.0214. The van der Waals surface area contributed by atoms with E-state index in [0.29, 0.717) is 34.1 Å². The second kappa shape index (κ2) is 21.1. The summed E-state index contributed by atoms with van der Waals surface area (Å²) in [5.74, 6) is 1.87. The SMILES string of the molecule is CCN(c1ccc2c(c1)Oc1cc(C)c(N(C)c3ccc(C(C)(CC)c4ccc(N(C)c5cc6c(cc5C)Oc5cc(N(CC)c7ccccc7C)ccc5C65OC(=O)c6ccccc65)cc4)cc3)cc1C21OC(=O)c2ccccc21)c1ccccc1C. The molecule has 0 aliphatic carbocycles. The minimum atomic E-state index is -1.23. The van der Waals surface area contributed by atoms with Crippen LogP contribution in [-0.2, 0) is 26.1 Å². The summed E-state index contributed by atoms with van der Waals surface area (Å²) in [5, 5.41) is 0. The Morgan fingerprint density at radius 3 is 1.12 bits per heavy atom. The lowest BCUT2D eigenvalue weighted by Crippen LogP contribution is -2.33. The van der Waals surface area contributed by atoms with Gasteiger partial charge in [0.15, 0.2) is 11.2 Å². The van der Waals surface area contributed by atoms with Crippen LogP contribution >= 0.6 is 0 Å². The Morgan fingerprint density at radius 1 is 0.375 bits per heavy atom. The number of esters is 2. The number of ether oxygens (including phenoxy) is 4. The Morgan fingerprint density at radius 2 is 0.739 bits per heavy atom. The largest absolute Gasteiger partial charge is 0.456 e. The van der Waals surface area contributed by atoms with Crippen molar-refractivity contribution in [1.29, 1.82) is 0 Å². The summed E-state index contributed by atoms with van der Waals surface area (Å²) in [4.78, 5) is 36.9. The van der Waals surface area contributed by atoms with Gasteiger partial charge in [-0.2, -0.15) is 0 Å². The molecule has 0 bridgehead atoms. The quantitative estimate of drug-likeness (QED) is 0.104. The number of carbonyl (C=O) groups excluding carboxylic acids is 2.